The van der Waals surface area contributed by atoms with Gasteiger partial charge in [-0.1, -0.05) is 54.6 Å². The third kappa shape index (κ3) is 3.76. The number of benzene rings is 2. The Morgan fingerprint density at radius 3 is 2.48 bits per heavy atom. The van der Waals surface area contributed by atoms with Gasteiger partial charge in [-0.05, 0) is 23.3 Å². The van der Waals surface area contributed by atoms with Gasteiger partial charge in [0, 0.05) is 13.0 Å². The van der Waals surface area contributed by atoms with Crippen LogP contribution in [0.3, 0.4) is 0 Å². The second-order valence-electron chi connectivity index (χ2n) is 6.23. The number of hydrogen-bond acceptors (Lipinski definition) is 5. The minimum atomic E-state index is -0.250. The molecule has 0 amide bonds. The molecule has 6 nitrogen and oxygen atoms in total. The monoisotopic (exact) mass is 362 g/mol. The number of hydrogen-bond donors (Lipinski definition) is 1. The van der Waals surface area contributed by atoms with Crippen LogP contribution >= 0.6 is 0 Å². The fourth-order valence-corrected chi connectivity index (χ4v) is 2.83. The van der Waals surface area contributed by atoms with Crippen molar-refractivity contribution in [2.24, 2.45) is 0 Å². The SMILES string of the molecule is CCc1nc(NCc2ccc(F)cc2)c2nnn(Cc3ccccc3)c2n1. The van der Waals surface area contributed by atoms with E-state index in [1.165, 1.54) is 12.1 Å². The first-order valence-electron chi connectivity index (χ1n) is 8.85. The average Bonchev–Trinajstić information content (AvgIpc) is 3.11. The molecular weight excluding hydrogens is 343 g/mol. The largest absolute Gasteiger partial charge is 0.364 e. The fraction of sp³-hybridized carbons (Fsp3) is 0.200. The molecule has 2 aromatic carbocycles. The van der Waals surface area contributed by atoms with Crippen LogP contribution in [-0.4, -0.2) is 25.0 Å². The highest BCUT2D eigenvalue weighted by atomic mass is 19.1. The first-order chi connectivity index (χ1) is 13.2. The topological polar surface area (TPSA) is 68.5 Å². The van der Waals surface area contributed by atoms with E-state index in [0.29, 0.717) is 36.5 Å². The quantitative estimate of drug-likeness (QED) is 0.568. The highest BCUT2D eigenvalue weighted by Crippen LogP contribution is 2.20. The molecule has 0 unspecified atom stereocenters. The van der Waals surface area contributed by atoms with Crippen molar-refractivity contribution in [1.82, 2.24) is 25.0 Å². The molecule has 7 heteroatoms. The Hall–Kier alpha value is -3.35. The molecule has 2 aromatic heterocycles. The molecule has 0 atom stereocenters. The van der Waals surface area contributed by atoms with Crippen LogP contribution in [0.4, 0.5) is 10.2 Å². The molecule has 0 aliphatic carbocycles. The zero-order valence-electron chi connectivity index (χ0n) is 14.9. The zero-order valence-corrected chi connectivity index (χ0v) is 14.9. The first kappa shape index (κ1) is 17.1. The van der Waals surface area contributed by atoms with Gasteiger partial charge in [0.15, 0.2) is 17.0 Å². The molecule has 4 rings (SSSR count). The van der Waals surface area contributed by atoms with Crippen molar-refractivity contribution < 1.29 is 4.39 Å². The standard InChI is InChI=1S/C20H19FN6/c1-2-17-23-19(22-12-14-8-10-16(21)11-9-14)18-20(24-17)27(26-25-18)13-15-6-4-3-5-7-15/h3-11H,2,12-13H2,1H3,(H,22,23,24). The van der Waals surface area contributed by atoms with Gasteiger partial charge in [-0.3, -0.25) is 0 Å². The second kappa shape index (κ2) is 7.49. The molecule has 4 aromatic rings. The molecular formula is C20H19FN6. The van der Waals surface area contributed by atoms with E-state index in [4.69, 9.17) is 0 Å². The number of aromatic nitrogens is 5. The van der Waals surface area contributed by atoms with Crippen LogP contribution < -0.4 is 5.32 Å². The molecule has 0 spiro atoms. The van der Waals surface area contributed by atoms with Crippen molar-refractivity contribution in [3.63, 3.8) is 0 Å². The first-order valence-corrected chi connectivity index (χ1v) is 8.85. The summed E-state index contributed by atoms with van der Waals surface area (Å²) >= 11 is 0. The second-order valence-corrected chi connectivity index (χ2v) is 6.23. The van der Waals surface area contributed by atoms with Crippen LogP contribution in [-0.2, 0) is 19.5 Å². The number of aryl methyl sites for hydroxylation is 1. The molecule has 0 aliphatic rings. The van der Waals surface area contributed by atoms with Crippen LogP contribution in [0.25, 0.3) is 11.2 Å². The zero-order chi connectivity index (χ0) is 18.6. The van der Waals surface area contributed by atoms with Crippen LogP contribution in [0.1, 0.15) is 23.9 Å². The third-order valence-corrected chi connectivity index (χ3v) is 4.27. The number of nitrogens with zero attached hydrogens (tertiary/aromatic N) is 5. The van der Waals surface area contributed by atoms with Gasteiger partial charge in [0.1, 0.15) is 11.6 Å². The maximum Gasteiger partial charge on any atom is 0.184 e. The van der Waals surface area contributed by atoms with E-state index in [2.05, 4.69) is 25.6 Å². The van der Waals surface area contributed by atoms with Crippen molar-refractivity contribution in [2.45, 2.75) is 26.4 Å². The van der Waals surface area contributed by atoms with E-state index in [1.807, 2.05) is 37.3 Å². The van der Waals surface area contributed by atoms with Gasteiger partial charge >= 0.3 is 0 Å². The summed E-state index contributed by atoms with van der Waals surface area (Å²) in [7, 11) is 0. The maximum atomic E-state index is 13.1. The summed E-state index contributed by atoms with van der Waals surface area (Å²) in [5.74, 6) is 1.11. The predicted molar refractivity (Wildman–Crippen MR) is 102 cm³/mol. The third-order valence-electron chi connectivity index (χ3n) is 4.27. The molecule has 0 fully saturated rings. The van der Waals surface area contributed by atoms with Gasteiger partial charge in [-0.2, -0.15) is 0 Å². The predicted octanol–water partition coefficient (Wildman–Crippen LogP) is 3.58. The molecule has 0 saturated carbocycles. The van der Waals surface area contributed by atoms with Gasteiger partial charge < -0.3 is 5.32 Å². The molecule has 0 radical (unpaired) electrons. The molecule has 2 heterocycles. The van der Waals surface area contributed by atoms with Gasteiger partial charge in [0.05, 0.1) is 6.54 Å². The number of fused-ring (bicyclic) bond motifs is 1. The van der Waals surface area contributed by atoms with E-state index < -0.39 is 0 Å². The number of rotatable bonds is 6. The minimum absolute atomic E-state index is 0.250. The summed E-state index contributed by atoms with van der Waals surface area (Å²) in [4.78, 5) is 9.17. The van der Waals surface area contributed by atoms with Crippen LogP contribution in [0.5, 0.6) is 0 Å². The summed E-state index contributed by atoms with van der Waals surface area (Å²) in [5, 5.41) is 11.8. The summed E-state index contributed by atoms with van der Waals surface area (Å²) in [5.41, 5.74) is 3.41. The van der Waals surface area contributed by atoms with E-state index in [1.54, 1.807) is 16.8 Å². The Balaban J connectivity index is 1.65. The number of anilines is 1. The molecule has 27 heavy (non-hydrogen) atoms. The Bertz CT molecular complexity index is 1040. The lowest BCUT2D eigenvalue weighted by molar-refractivity contribution is 0.627. The van der Waals surface area contributed by atoms with Crippen molar-refractivity contribution >= 4 is 17.0 Å². The summed E-state index contributed by atoms with van der Waals surface area (Å²) < 4.78 is 14.9. The van der Waals surface area contributed by atoms with Gasteiger partial charge in [-0.25, -0.2) is 19.0 Å². The van der Waals surface area contributed by atoms with Crippen LogP contribution in [0, 0.1) is 5.82 Å². The Labute approximate surface area is 156 Å². The molecule has 0 bridgehead atoms. The Morgan fingerprint density at radius 1 is 0.963 bits per heavy atom. The summed E-state index contributed by atoms with van der Waals surface area (Å²) in [6.45, 7) is 3.12. The Morgan fingerprint density at radius 2 is 1.74 bits per heavy atom. The lowest BCUT2D eigenvalue weighted by Crippen LogP contribution is -2.07. The fourth-order valence-electron chi connectivity index (χ4n) is 2.83. The van der Waals surface area contributed by atoms with Crippen molar-refractivity contribution in [3.05, 3.63) is 77.4 Å². The Kier molecular flexibility index (Phi) is 4.74. The summed E-state index contributed by atoms with van der Waals surface area (Å²) in [6.07, 6.45) is 0.706. The molecule has 136 valence electrons. The van der Waals surface area contributed by atoms with E-state index in [0.717, 1.165) is 17.0 Å². The minimum Gasteiger partial charge on any atom is -0.364 e. The highest BCUT2D eigenvalue weighted by Gasteiger charge is 2.14. The summed E-state index contributed by atoms with van der Waals surface area (Å²) in [6, 6.07) is 16.4. The lowest BCUT2D eigenvalue weighted by Gasteiger charge is -2.08. The smallest absolute Gasteiger partial charge is 0.184 e. The van der Waals surface area contributed by atoms with Gasteiger partial charge in [0.2, 0.25) is 0 Å². The average molecular weight is 362 g/mol. The van der Waals surface area contributed by atoms with Crippen molar-refractivity contribution in [3.8, 4) is 0 Å². The van der Waals surface area contributed by atoms with Crippen molar-refractivity contribution in [1.29, 1.82) is 0 Å². The van der Waals surface area contributed by atoms with E-state index >= 15 is 0 Å². The lowest BCUT2D eigenvalue weighted by atomic mass is 10.2. The van der Waals surface area contributed by atoms with E-state index in [-0.39, 0.29) is 5.82 Å². The van der Waals surface area contributed by atoms with E-state index in [9.17, 15) is 4.39 Å². The molecule has 0 saturated heterocycles. The highest BCUT2D eigenvalue weighted by molar-refractivity contribution is 5.82. The normalized spacial score (nSPS) is 11.0. The maximum absolute atomic E-state index is 13.1. The van der Waals surface area contributed by atoms with Crippen LogP contribution in [0.15, 0.2) is 54.6 Å². The number of nitrogens with one attached hydrogen (secondary N) is 1. The molecule has 1 N–H and O–H groups in total. The molecule has 0 aliphatic heterocycles. The van der Waals surface area contributed by atoms with Crippen molar-refractivity contribution in [2.75, 3.05) is 5.32 Å². The number of halogens is 1. The van der Waals surface area contributed by atoms with Gasteiger partial charge in [-0.15, -0.1) is 5.10 Å². The van der Waals surface area contributed by atoms with Gasteiger partial charge in [0.25, 0.3) is 0 Å². The van der Waals surface area contributed by atoms with Crippen LogP contribution in [0.2, 0.25) is 0 Å².